The van der Waals surface area contributed by atoms with Crippen molar-refractivity contribution in [2.75, 3.05) is 0 Å². The molecule has 0 radical (unpaired) electrons. The first-order valence-corrected chi connectivity index (χ1v) is 7.02. The molecule has 0 heterocycles. The average molecular weight is 344 g/mol. The zero-order valence-corrected chi connectivity index (χ0v) is 12.7. The predicted molar refractivity (Wildman–Crippen MR) is 79.0 cm³/mol. The Morgan fingerprint density at radius 2 is 2.05 bits per heavy atom. The molecule has 100 valence electrons. The molecule has 0 saturated carbocycles. The summed E-state index contributed by atoms with van der Waals surface area (Å²) in [6.07, 6.45) is -0.381. The van der Waals surface area contributed by atoms with E-state index in [4.69, 9.17) is 11.6 Å². The van der Waals surface area contributed by atoms with E-state index in [1.165, 1.54) is 6.07 Å². The Bertz CT molecular complexity index is 580. The number of halogens is 3. The number of aliphatic hydroxyl groups is 1. The number of hydrogen-bond donors (Lipinski definition) is 1. The van der Waals surface area contributed by atoms with E-state index in [-0.39, 0.29) is 5.82 Å². The summed E-state index contributed by atoms with van der Waals surface area (Å²) in [6.45, 7) is 1.92. The van der Waals surface area contributed by atoms with Crippen LogP contribution < -0.4 is 0 Å². The first kappa shape index (κ1) is 14.5. The van der Waals surface area contributed by atoms with E-state index in [0.717, 1.165) is 16.7 Å². The summed E-state index contributed by atoms with van der Waals surface area (Å²) in [5, 5.41) is 10.8. The van der Waals surface area contributed by atoms with Crippen LogP contribution in [-0.2, 0) is 6.42 Å². The highest BCUT2D eigenvalue weighted by Gasteiger charge is 2.13. The van der Waals surface area contributed by atoms with Crippen LogP contribution in [0.5, 0.6) is 0 Å². The normalized spacial score (nSPS) is 12.5. The summed E-state index contributed by atoms with van der Waals surface area (Å²) in [6, 6.07) is 10.2. The van der Waals surface area contributed by atoms with Gasteiger partial charge in [0.15, 0.2) is 0 Å². The molecule has 0 fully saturated rings. The van der Waals surface area contributed by atoms with E-state index in [0.29, 0.717) is 15.9 Å². The molecule has 0 saturated heterocycles. The molecule has 0 bridgehead atoms. The Labute approximate surface area is 125 Å². The number of aryl methyl sites for hydroxylation is 1. The van der Waals surface area contributed by atoms with Crippen LogP contribution in [0.4, 0.5) is 4.39 Å². The third kappa shape index (κ3) is 3.56. The molecule has 2 aromatic rings. The van der Waals surface area contributed by atoms with Crippen molar-refractivity contribution in [3.63, 3.8) is 0 Å². The van der Waals surface area contributed by atoms with E-state index in [1.807, 2.05) is 19.1 Å². The second-order valence-electron chi connectivity index (χ2n) is 4.49. The summed E-state index contributed by atoms with van der Waals surface area (Å²) < 4.78 is 13.8. The van der Waals surface area contributed by atoms with Gasteiger partial charge in [-0.2, -0.15) is 0 Å². The van der Waals surface area contributed by atoms with Gasteiger partial charge in [-0.3, -0.25) is 0 Å². The highest BCUT2D eigenvalue weighted by molar-refractivity contribution is 9.10. The summed E-state index contributed by atoms with van der Waals surface area (Å²) in [4.78, 5) is 0. The minimum absolute atomic E-state index is 0.327. The Morgan fingerprint density at radius 1 is 1.32 bits per heavy atom. The first-order chi connectivity index (χ1) is 8.97. The maximum absolute atomic E-state index is 13.4. The Kier molecular flexibility index (Phi) is 4.61. The van der Waals surface area contributed by atoms with Crippen LogP contribution >= 0.6 is 27.5 Å². The minimum Gasteiger partial charge on any atom is -0.388 e. The highest BCUT2D eigenvalue weighted by atomic mass is 79.9. The second kappa shape index (κ2) is 6.04. The average Bonchev–Trinajstić information content (AvgIpc) is 2.33. The van der Waals surface area contributed by atoms with Gasteiger partial charge < -0.3 is 5.11 Å². The molecule has 0 aliphatic heterocycles. The van der Waals surface area contributed by atoms with Crippen molar-refractivity contribution in [2.45, 2.75) is 19.4 Å². The SMILES string of the molecule is Cc1cc(Cl)cc(C(O)Cc2cccc(F)c2Br)c1. The standard InChI is InChI=1S/C15H13BrClFO/c1-9-5-11(7-12(17)6-9)14(19)8-10-3-2-4-13(18)15(10)16/h2-7,14,19H,8H2,1H3. The molecule has 1 N–H and O–H groups in total. The van der Waals surface area contributed by atoms with Gasteiger partial charge in [-0.15, -0.1) is 0 Å². The lowest BCUT2D eigenvalue weighted by molar-refractivity contribution is 0.178. The summed E-state index contributed by atoms with van der Waals surface area (Å²) in [5.74, 6) is -0.327. The van der Waals surface area contributed by atoms with Crippen molar-refractivity contribution in [3.8, 4) is 0 Å². The van der Waals surface area contributed by atoms with E-state index in [1.54, 1.807) is 18.2 Å². The minimum atomic E-state index is -0.713. The Morgan fingerprint density at radius 3 is 2.74 bits per heavy atom. The molecular weight excluding hydrogens is 331 g/mol. The predicted octanol–water partition coefficient (Wildman–Crippen LogP) is 4.83. The van der Waals surface area contributed by atoms with Gasteiger partial charge in [0.25, 0.3) is 0 Å². The molecule has 0 spiro atoms. The van der Waals surface area contributed by atoms with E-state index in [9.17, 15) is 9.50 Å². The number of rotatable bonds is 3. The fraction of sp³-hybridized carbons (Fsp3) is 0.200. The molecule has 4 heteroatoms. The van der Waals surface area contributed by atoms with Crippen molar-refractivity contribution in [1.29, 1.82) is 0 Å². The van der Waals surface area contributed by atoms with Crippen LogP contribution in [0.25, 0.3) is 0 Å². The highest BCUT2D eigenvalue weighted by Crippen LogP contribution is 2.27. The van der Waals surface area contributed by atoms with Crippen LogP contribution in [0, 0.1) is 12.7 Å². The van der Waals surface area contributed by atoms with Crippen LogP contribution in [-0.4, -0.2) is 5.11 Å². The summed E-state index contributed by atoms with van der Waals surface area (Å²) in [5.41, 5.74) is 2.45. The number of benzene rings is 2. The molecular formula is C15H13BrClFO. The van der Waals surface area contributed by atoms with Crippen molar-refractivity contribution in [2.24, 2.45) is 0 Å². The van der Waals surface area contributed by atoms with Crippen molar-refractivity contribution in [3.05, 3.63) is 68.4 Å². The van der Waals surface area contributed by atoms with Gasteiger partial charge in [-0.25, -0.2) is 4.39 Å². The zero-order valence-electron chi connectivity index (χ0n) is 10.3. The van der Waals surface area contributed by atoms with Crippen LogP contribution in [0.15, 0.2) is 40.9 Å². The van der Waals surface area contributed by atoms with Gasteiger partial charge in [-0.1, -0.05) is 29.8 Å². The van der Waals surface area contributed by atoms with Crippen molar-refractivity contribution in [1.82, 2.24) is 0 Å². The lowest BCUT2D eigenvalue weighted by Crippen LogP contribution is -2.03. The third-order valence-electron chi connectivity index (χ3n) is 2.89. The Balaban J connectivity index is 2.25. The molecule has 2 aromatic carbocycles. The monoisotopic (exact) mass is 342 g/mol. The van der Waals surface area contributed by atoms with E-state index < -0.39 is 6.10 Å². The van der Waals surface area contributed by atoms with Gasteiger partial charge in [0.1, 0.15) is 5.82 Å². The molecule has 0 aliphatic rings. The molecule has 0 aliphatic carbocycles. The van der Waals surface area contributed by atoms with Crippen LogP contribution in [0.3, 0.4) is 0 Å². The van der Waals surface area contributed by atoms with Gasteiger partial charge in [-0.05, 0) is 57.7 Å². The molecule has 19 heavy (non-hydrogen) atoms. The molecule has 0 amide bonds. The van der Waals surface area contributed by atoms with Crippen LogP contribution in [0.1, 0.15) is 22.8 Å². The van der Waals surface area contributed by atoms with Gasteiger partial charge >= 0.3 is 0 Å². The summed E-state index contributed by atoms with van der Waals surface area (Å²) in [7, 11) is 0. The quantitative estimate of drug-likeness (QED) is 0.846. The topological polar surface area (TPSA) is 20.2 Å². The van der Waals surface area contributed by atoms with E-state index >= 15 is 0 Å². The van der Waals surface area contributed by atoms with Crippen molar-refractivity contribution < 1.29 is 9.50 Å². The maximum Gasteiger partial charge on any atom is 0.137 e. The molecule has 1 nitrogen and oxygen atoms in total. The maximum atomic E-state index is 13.4. The van der Waals surface area contributed by atoms with Gasteiger partial charge in [0, 0.05) is 11.4 Å². The molecule has 0 aromatic heterocycles. The second-order valence-corrected chi connectivity index (χ2v) is 5.72. The number of hydrogen-bond acceptors (Lipinski definition) is 1. The van der Waals surface area contributed by atoms with E-state index in [2.05, 4.69) is 15.9 Å². The van der Waals surface area contributed by atoms with Gasteiger partial charge in [0.2, 0.25) is 0 Å². The lowest BCUT2D eigenvalue weighted by Gasteiger charge is -2.14. The molecule has 1 unspecified atom stereocenters. The fourth-order valence-electron chi connectivity index (χ4n) is 1.99. The largest absolute Gasteiger partial charge is 0.388 e. The zero-order chi connectivity index (χ0) is 14.0. The molecule has 2 rings (SSSR count). The van der Waals surface area contributed by atoms with Gasteiger partial charge in [0.05, 0.1) is 10.6 Å². The smallest absolute Gasteiger partial charge is 0.137 e. The third-order valence-corrected chi connectivity index (χ3v) is 4.00. The molecule has 1 atom stereocenters. The first-order valence-electron chi connectivity index (χ1n) is 5.85. The summed E-state index contributed by atoms with van der Waals surface area (Å²) >= 11 is 9.17. The van der Waals surface area contributed by atoms with Crippen LogP contribution in [0.2, 0.25) is 5.02 Å². The van der Waals surface area contributed by atoms with Crippen molar-refractivity contribution >= 4 is 27.5 Å². The number of aliphatic hydroxyl groups excluding tert-OH is 1. The Hall–Kier alpha value is -0.900. The fourth-order valence-corrected chi connectivity index (χ4v) is 2.71. The lowest BCUT2D eigenvalue weighted by atomic mass is 10.00.